The highest BCUT2D eigenvalue weighted by atomic mass is 16.2. The first kappa shape index (κ1) is 10.9. The van der Waals surface area contributed by atoms with Gasteiger partial charge in [0.25, 0.3) is 0 Å². The lowest BCUT2D eigenvalue weighted by molar-refractivity contribution is -0.138. The van der Waals surface area contributed by atoms with Crippen molar-refractivity contribution < 1.29 is 4.79 Å². The molecule has 15 heavy (non-hydrogen) atoms. The van der Waals surface area contributed by atoms with E-state index in [1.807, 2.05) is 0 Å². The molecular formula is C12H22N2O. The van der Waals surface area contributed by atoms with Gasteiger partial charge in [-0.1, -0.05) is 6.92 Å². The van der Waals surface area contributed by atoms with Gasteiger partial charge in [-0.3, -0.25) is 4.79 Å². The molecule has 2 fully saturated rings. The highest BCUT2D eigenvalue weighted by Crippen LogP contribution is 2.47. The molecule has 0 radical (unpaired) electrons. The van der Waals surface area contributed by atoms with Gasteiger partial charge in [-0.05, 0) is 44.6 Å². The van der Waals surface area contributed by atoms with Gasteiger partial charge in [-0.25, -0.2) is 0 Å². The highest BCUT2D eigenvalue weighted by Gasteiger charge is 2.47. The Labute approximate surface area is 92.0 Å². The fourth-order valence-electron chi connectivity index (χ4n) is 2.50. The number of carbonyl (C=O) groups is 1. The number of hydrogen-bond donors (Lipinski definition) is 1. The number of carbonyl (C=O) groups excluding carboxylic acids is 1. The Hall–Kier alpha value is -0.570. The Morgan fingerprint density at radius 2 is 2.27 bits per heavy atom. The number of nitrogens with two attached hydrogens (primary N) is 1. The first-order valence-electron chi connectivity index (χ1n) is 6.15. The summed E-state index contributed by atoms with van der Waals surface area (Å²) < 4.78 is 0. The molecule has 0 aromatic heterocycles. The molecule has 3 heteroatoms. The summed E-state index contributed by atoms with van der Waals surface area (Å²) in [5.74, 6) is 1.04. The normalized spacial score (nSPS) is 28.9. The van der Waals surface area contributed by atoms with Crippen LogP contribution >= 0.6 is 0 Å². The average molecular weight is 210 g/mol. The van der Waals surface area contributed by atoms with Gasteiger partial charge in [0.2, 0.25) is 5.91 Å². The standard InChI is InChI=1S/C12H22N2O/c1-12(5-6-12)11(15)14-8-2-3-10(9-14)4-7-13/h10H,2-9,13H2,1H3. The molecule has 86 valence electrons. The highest BCUT2D eigenvalue weighted by molar-refractivity contribution is 5.85. The van der Waals surface area contributed by atoms with Gasteiger partial charge >= 0.3 is 0 Å². The lowest BCUT2D eigenvalue weighted by atomic mass is 9.93. The molecule has 0 aromatic carbocycles. The van der Waals surface area contributed by atoms with E-state index in [9.17, 15) is 4.79 Å². The fourth-order valence-corrected chi connectivity index (χ4v) is 2.50. The van der Waals surface area contributed by atoms with Crippen LogP contribution in [-0.4, -0.2) is 30.4 Å². The SMILES string of the molecule is CC1(C(=O)N2CCCC(CCN)C2)CC1. The molecule has 1 unspecified atom stereocenters. The van der Waals surface area contributed by atoms with Crippen LogP contribution in [0.3, 0.4) is 0 Å². The molecule has 1 amide bonds. The van der Waals surface area contributed by atoms with Crippen molar-refractivity contribution in [3.05, 3.63) is 0 Å². The average Bonchev–Trinajstić information content (AvgIpc) is 2.98. The van der Waals surface area contributed by atoms with E-state index in [-0.39, 0.29) is 5.41 Å². The summed E-state index contributed by atoms with van der Waals surface area (Å²) in [6.45, 7) is 4.77. The Bertz CT molecular complexity index is 246. The van der Waals surface area contributed by atoms with Gasteiger partial charge in [0.05, 0.1) is 0 Å². The fraction of sp³-hybridized carbons (Fsp3) is 0.917. The number of nitrogens with zero attached hydrogens (tertiary/aromatic N) is 1. The molecule has 2 aliphatic rings. The van der Waals surface area contributed by atoms with E-state index >= 15 is 0 Å². The third kappa shape index (κ3) is 2.33. The summed E-state index contributed by atoms with van der Waals surface area (Å²) in [6.07, 6.45) is 5.65. The van der Waals surface area contributed by atoms with E-state index in [0.29, 0.717) is 11.8 Å². The van der Waals surface area contributed by atoms with E-state index in [2.05, 4.69) is 11.8 Å². The van der Waals surface area contributed by atoms with Gasteiger partial charge < -0.3 is 10.6 Å². The molecule has 1 atom stereocenters. The van der Waals surface area contributed by atoms with Crippen LogP contribution in [-0.2, 0) is 4.79 Å². The lowest BCUT2D eigenvalue weighted by Crippen LogP contribution is -2.43. The van der Waals surface area contributed by atoms with Crippen LogP contribution < -0.4 is 5.73 Å². The second kappa shape index (κ2) is 4.12. The van der Waals surface area contributed by atoms with Crippen molar-refractivity contribution in [3.8, 4) is 0 Å². The molecular weight excluding hydrogens is 188 g/mol. The van der Waals surface area contributed by atoms with Gasteiger partial charge in [0, 0.05) is 18.5 Å². The summed E-state index contributed by atoms with van der Waals surface area (Å²) in [6, 6.07) is 0. The van der Waals surface area contributed by atoms with Gasteiger partial charge in [0.15, 0.2) is 0 Å². The first-order valence-corrected chi connectivity index (χ1v) is 6.15. The van der Waals surface area contributed by atoms with Crippen molar-refractivity contribution in [2.75, 3.05) is 19.6 Å². The van der Waals surface area contributed by atoms with E-state index in [1.165, 1.54) is 6.42 Å². The minimum absolute atomic E-state index is 0.00457. The smallest absolute Gasteiger partial charge is 0.228 e. The van der Waals surface area contributed by atoms with Crippen LogP contribution in [0.5, 0.6) is 0 Å². The largest absolute Gasteiger partial charge is 0.342 e. The summed E-state index contributed by atoms with van der Waals surface area (Å²) >= 11 is 0. The van der Waals surface area contributed by atoms with E-state index in [1.54, 1.807) is 0 Å². The van der Waals surface area contributed by atoms with E-state index in [4.69, 9.17) is 5.73 Å². The summed E-state index contributed by atoms with van der Waals surface area (Å²) in [7, 11) is 0. The number of rotatable bonds is 3. The number of piperidine rings is 1. The van der Waals surface area contributed by atoms with Crippen molar-refractivity contribution in [1.29, 1.82) is 0 Å². The molecule has 2 rings (SSSR count). The molecule has 0 bridgehead atoms. The van der Waals surface area contributed by atoms with Crippen LogP contribution in [0.25, 0.3) is 0 Å². The van der Waals surface area contributed by atoms with Crippen molar-refractivity contribution in [1.82, 2.24) is 4.90 Å². The van der Waals surface area contributed by atoms with E-state index < -0.39 is 0 Å². The van der Waals surface area contributed by atoms with Gasteiger partial charge in [-0.2, -0.15) is 0 Å². The Kier molecular flexibility index (Phi) is 3.01. The molecule has 2 N–H and O–H groups in total. The monoisotopic (exact) mass is 210 g/mol. The van der Waals surface area contributed by atoms with Gasteiger partial charge in [-0.15, -0.1) is 0 Å². The zero-order valence-electron chi connectivity index (χ0n) is 9.67. The Morgan fingerprint density at radius 1 is 1.53 bits per heavy atom. The summed E-state index contributed by atoms with van der Waals surface area (Å²) in [5, 5.41) is 0. The van der Waals surface area contributed by atoms with E-state index in [0.717, 1.165) is 45.3 Å². The van der Waals surface area contributed by atoms with Crippen molar-refractivity contribution in [2.45, 2.75) is 39.0 Å². The molecule has 3 nitrogen and oxygen atoms in total. The summed E-state index contributed by atoms with van der Waals surface area (Å²) in [5.41, 5.74) is 5.58. The van der Waals surface area contributed by atoms with Crippen LogP contribution in [0.1, 0.15) is 39.0 Å². The molecule has 1 heterocycles. The predicted molar refractivity (Wildman–Crippen MR) is 60.3 cm³/mol. The molecule has 1 aliphatic heterocycles. The summed E-state index contributed by atoms with van der Waals surface area (Å²) in [4.78, 5) is 14.2. The third-order valence-corrected chi connectivity index (χ3v) is 3.90. The Morgan fingerprint density at radius 3 is 2.87 bits per heavy atom. The quantitative estimate of drug-likeness (QED) is 0.765. The second-order valence-corrected chi connectivity index (χ2v) is 5.40. The minimum Gasteiger partial charge on any atom is -0.342 e. The second-order valence-electron chi connectivity index (χ2n) is 5.40. The van der Waals surface area contributed by atoms with Crippen LogP contribution in [0, 0.1) is 11.3 Å². The van der Waals surface area contributed by atoms with Crippen LogP contribution in [0.2, 0.25) is 0 Å². The predicted octanol–water partition coefficient (Wildman–Crippen LogP) is 1.37. The minimum atomic E-state index is 0.00457. The van der Waals surface area contributed by atoms with Crippen LogP contribution in [0.4, 0.5) is 0 Å². The van der Waals surface area contributed by atoms with Crippen molar-refractivity contribution >= 4 is 5.91 Å². The number of amides is 1. The maximum atomic E-state index is 12.1. The molecule has 0 aromatic rings. The molecule has 1 saturated carbocycles. The van der Waals surface area contributed by atoms with Gasteiger partial charge in [0.1, 0.15) is 0 Å². The molecule has 1 aliphatic carbocycles. The zero-order chi connectivity index (χ0) is 10.9. The number of hydrogen-bond acceptors (Lipinski definition) is 2. The third-order valence-electron chi connectivity index (χ3n) is 3.90. The maximum Gasteiger partial charge on any atom is 0.228 e. The maximum absolute atomic E-state index is 12.1. The van der Waals surface area contributed by atoms with Crippen LogP contribution in [0.15, 0.2) is 0 Å². The molecule has 0 spiro atoms. The first-order chi connectivity index (χ1) is 7.15. The lowest BCUT2D eigenvalue weighted by Gasteiger charge is -2.34. The zero-order valence-corrected chi connectivity index (χ0v) is 9.67. The van der Waals surface area contributed by atoms with Crippen molar-refractivity contribution in [3.63, 3.8) is 0 Å². The van der Waals surface area contributed by atoms with Crippen molar-refractivity contribution in [2.24, 2.45) is 17.1 Å². The topological polar surface area (TPSA) is 46.3 Å². The molecule has 1 saturated heterocycles. The number of likely N-dealkylation sites (tertiary alicyclic amines) is 1. The Balaban J connectivity index is 1.89.